The van der Waals surface area contributed by atoms with Crippen molar-refractivity contribution in [2.75, 3.05) is 12.4 Å². The fourth-order valence-corrected chi connectivity index (χ4v) is 2.89. The van der Waals surface area contributed by atoms with Gasteiger partial charge in [-0.05, 0) is 19.1 Å². The molecule has 0 fully saturated rings. The van der Waals surface area contributed by atoms with E-state index in [9.17, 15) is 13.2 Å². The molecule has 0 aliphatic rings. The number of aryl methyl sites for hydroxylation is 1. The fraction of sp³-hybridized carbons (Fsp3) is 0.167. The van der Waals surface area contributed by atoms with Crippen LogP contribution in [-0.2, 0) is 10.0 Å². The van der Waals surface area contributed by atoms with E-state index in [1.165, 1.54) is 25.3 Å². The van der Waals surface area contributed by atoms with E-state index in [-0.39, 0.29) is 79.1 Å². The number of anilines is 1. The molecule has 9 nitrogen and oxygen atoms in total. The first-order valence-electron chi connectivity index (χ1n) is 6.12. The Balaban J connectivity index is 0.00000288. The molecule has 1 aromatic heterocycles. The number of rotatable bonds is 4. The fourth-order valence-electron chi connectivity index (χ4n) is 1.54. The number of hydrogen-bond donors (Lipinski definition) is 1. The number of aromatic nitrogens is 3. The summed E-state index contributed by atoms with van der Waals surface area (Å²) in [6.45, 7) is 1.55. The maximum absolute atomic E-state index is 12.1. The second kappa shape index (κ2) is 9.04. The Labute approximate surface area is 186 Å². The van der Waals surface area contributed by atoms with Gasteiger partial charge < -0.3 is 14.8 Å². The van der Waals surface area contributed by atoms with Gasteiger partial charge in [-0.3, -0.25) is 4.79 Å². The summed E-state index contributed by atoms with van der Waals surface area (Å²) < 4.78 is 32.0. The van der Waals surface area contributed by atoms with Gasteiger partial charge >= 0.3 is 57.4 Å². The van der Waals surface area contributed by atoms with Gasteiger partial charge in [-0.2, -0.15) is 9.97 Å². The van der Waals surface area contributed by atoms with E-state index in [4.69, 9.17) is 16.3 Å². The van der Waals surface area contributed by atoms with Crippen molar-refractivity contribution < 1.29 is 69.3 Å². The number of nitrogens with zero attached hydrogens (tertiary/aromatic N) is 4. The van der Waals surface area contributed by atoms with Crippen LogP contribution in [0.2, 0.25) is 5.02 Å². The molecule has 2 aromatic rings. The summed E-state index contributed by atoms with van der Waals surface area (Å²) in [5.74, 6) is 0.0959. The Morgan fingerprint density at radius 3 is 2.54 bits per heavy atom. The van der Waals surface area contributed by atoms with Crippen LogP contribution in [0.15, 0.2) is 29.2 Å². The van der Waals surface area contributed by atoms with E-state index >= 15 is 0 Å². The zero-order valence-electron chi connectivity index (χ0n) is 13.0. The molecule has 1 aromatic carbocycles. The van der Waals surface area contributed by atoms with Crippen LogP contribution >= 0.6 is 11.6 Å². The molecule has 0 spiro atoms. The molecule has 0 radical (unpaired) electrons. The SMILES string of the molecule is COc1nc(C)nc(NC(=O)[N-]S(=O)(=O)c2ccccc2Cl)n1.[K+]. The van der Waals surface area contributed by atoms with Crippen molar-refractivity contribution in [1.29, 1.82) is 0 Å². The standard InChI is InChI=1S/C12H12ClN5O4S.K/c1-7-14-10(17-12(15-7)22-2)16-11(19)18-23(20,21)9-6-4-3-5-8(9)13;/h3-6H,1-2H3,(H2,14,15,16,17,18,19);/q;+1/p-1. The van der Waals surface area contributed by atoms with Gasteiger partial charge in [-0.15, -0.1) is 0 Å². The van der Waals surface area contributed by atoms with Crippen LogP contribution in [0, 0.1) is 6.92 Å². The van der Waals surface area contributed by atoms with Gasteiger partial charge in [0.1, 0.15) is 5.82 Å². The second-order valence-corrected chi connectivity index (χ2v) is 6.10. The number of carbonyl (C=O) groups excluding carboxylic acids is 1. The summed E-state index contributed by atoms with van der Waals surface area (Å²) in [4.78, 5) is 22.9. The minimum Gasteiger partial charge on any atom is -0.467 e. The van der Waals surface area contributed by atoms with Gasteiger partial charge in [0, 0.05) is 0 Å². The first-order valence-corrected chi connectivity index (χ1v) is 7.94. The van der Waals surface area contributed by atoms with E-state index in [1.807, 2.05) is 0 Å². The molecule has 0 saturated carbocycles. The van der Waals surface area contributed by atoms with Crippen molar-refractivity contribution in [2.24, 2.45) is 0 Å². The third-order valence-corrected chi connectivity index (χ3v) is 4.21. The number of methoxy groups -OCH3 is 1. The molecular weight excluding hydrogens is 385 g/mol. The summed E-state index contributed by atoms with van der Waals surface area (Å²) in [6.07, 6.45) is 0. The summed E-state index contributed by atoms with van der Waals surface area (Å²) in [5, 5.41) is 2.09. The molecule has 2 amide bonds. The van der Waals surface area contributed by atoms with E-state index in [1.54, 1.807) is 13.0 Å². The van der Waals surface area contributed by atoms with E-state index in [0.29, 0.717) is 0 Å². The number of sulfonamides is 1. The number of benzene rings is 1. The van der Waals surface area contributed by atoms with Crippen LogP contribution < -0.4 is 61.4 Å². The minimum absolute atomic E-state index is 0. The van der Waals surface area contributed by atoms with Gasteiger partial charge in [0.2, 0.25) is 10.0 Å². The quantitative estimate of drug-likeness (QED) is 0.667. The topological polar surface area (TPSA) is 125 Å². The Hall–Kier alpha value is -0.824. The molecule has 0 unspecified atom stereocenters. The van der Waals surface area contributed by atoms with Gasteiger partial charge in [0.05, 0.1) is 17.0 Å². The molecule has 2 rings (SSSR count). The number of nitrogens with one attached hydrogen (secondary N) is 1. The molecule has 0 bridgehead atoms. The number of halogens is 1. The maximum atomic E-state index is 12.1. The molecule has 0 saturated heterocycles. The zero-order valence-corrected chi connectivity index (χ0v) is 17.7. The third kappa shape index (κ3) is 5.62. The van der Waals surface area contributed by atoms with Crippen molar-refractivity contribution in [3.63, 3.8) is 0 Å². The van der Waals surface area contributed by atoms with Crippen LogP contribution in [-0.4, -0.2) is 36.5 Å². The number of ether oxygens (including phenoxy) is 1. The average molecular weight is 396 g/mol. The summed E-state index contributed by atoms with van der Waals surface area (Å²) in [7, 11) is -2.92. The molecule has 1 N–H and O–H groups in total. The molecule has 12 heteroatoms. The van der Waals surface area contributed by atoms with Crippen LogP contribution in [0.4, 0.5) is 10.7 Å². The van der Waals surface area contributed by atoms with Crippen LogP contribution in [0.5, 0.6) is 6.01 Å². The normalized spacial score (nSPS) is 10.5. The Morgan fingerprint density at radius 2 is 1.92 bits per heavy atom. The van der Waals surface area contributed by atoms with Gasteiger partial charge in [-0.1, -0.05) is 23.7 Å². The van der Waals surface area contributed by atoms with Gasteiger partial charge in [0.15, 0.2) is 12.0 Å². The molecule has 0 aliphatic heterocycles. The van der Waals surface area contributed by atoms with Crippen molar-refractivity contribution in [3.05, 3.63) is 39.8 Å². The molecule has 1 heterocycles. The predicted molar refractivity (Wildman–Crippen MR) is 82.1 cm³/mol. The van der Waals surface area contributed by atoms with Crippen molar-refractivity contribution in [2.45, 2.75) is 11.8 Å². The predicted octanol–water partition coefficient (Wildman–Crippen LogP) is -0.859. The number of amides is 2. The maximum Gasteiger partial charge on any atom is 1.00 e. The molecule has 0 aliphatic carbocycles. The van der Waals surface area contributed by atoms with Crippen LogP contribution in [0.25, 0.3) is 4.72 Å². The summed E-state index contributed by atoms with van der Waals surface area (Å²) in [5.41, 5.74) is 0. The zero-order chi connectivity index (χ0) is 17.0. The molecule has 122 valence electrons. The summed E-state index contributed by atoms with van der Waals surface area (Å²) >= 11 is 5.79. The second-order valence-electron chi connectivity index (χ2n) is 4.12. The van der Waals surface area contributed by atoms with Crippen LogP contribution in [0.3, 0.4) is 0 Å². The Morgan fingerprint density at radius 1 is 1.25 bits per heavy atom. The van der Waals surface area contributed by atoms with Crippen molar-refractivity contribution in [1.82, 2.24) is 15.0 Å². The molecule has 0 atom stereocenters. The smallest absolute Gasteiger partial charge is 0.467 e. The van der Waals surface area contributed by atoms with Gasteiger partial charge in [0.25, 0.3) is 0 Å². The van der Waals surface area contributed by atoms with E-state index in [2.05, 4.69) is 25.0 Å². The molecule has 24 heavy (non-hydrogen) atoms. The van der Waals surface area contributed by atoms with E-state index in [0.717, 1.165) is 0 Å². The van der Waals surface area contributed by atoms with Crippen LogP contribution in [0.1, 0.15) is 5.82 Å². The average Bonchev–Trinajstić information content (AvgIpc) is 2.46. The number of urea groups is 1. The molecular formula is C12H11ClKN5O4S. The monoisotopic (exact) mass is 395 g/mol. The Bertz CT molecular complexity index is 849. The first-order chi connectivity index (χ1) is 10.8. The third-order valence-electron chi connectivity index (χ3n) is 2.45. The van der Waals surface area contributed by atoms with E-state index < -0.39 is 16.1 Å². The first kappa shape index (κ1) is 21.2. The Kier molecular flexibility index (Phi) is 7.99. The van der Waals surface area contributed by atoms with Crippen molar-refractivity contribution >= 4 is 33.6 Å². The minimum atomic E-state index is -4.26. The number of carbonyl (C=O) groups is 1. The number of hydrogen-bond acceptors (Lipinski definition) is 7. The van der Waals surface area contributed by atoms with Crippen molar-refractivity contribution in [3.8, 4) is 6.01 Å². The van der Waals surface area contributed by atoms with Gasteiger partial charge in [-0.25, -0.2) is 13.4 Å². The summed E-state index contributed by atoms with van der Waals surface area (Å²) in [6, 6.07) is 4.44. The largest absolute Gasteiger partial charge is 1.00 e.